The summed E-state index contributed by atoms with van der Waals surface area (Å²) >= 11 is 0. The summed E-state index contributed by atoms with van der Waals surface area (Å²) in [7, 11) is 1.94. The molecule has 0 bridgehead atoms. The first kappa shape index (κ1) is 12.9. The van der Waals surface area contributed by atoms with Crippen LogP contribution in [-0.2, 0) is 0 Å². The molecule has 0 aliphatic carbocycles. The Hall–Kier alpha value is -2.13. The van der Waals surface area contributed by atoms with Crippen molar-refractivity contribution in [2.45, 2.75) is 19.9 Å². The van der Waals surface area contributed by atoms with Crippen LogP contribution in [0, 0.1) is 13.8 Å². The van der Waals surface area contributed by atoms with Crippen LogP contribution in [0.1, 0.15) is 28.8 Å². The normalized spacial score (nSPS) is 12.8. The molecule has 1 aromatic carbocycles. The van der Waals surface area contributed by atoms with Crippen LogP contribution in [0.15, 0.2) is 46.9 Å². The zero-order valence-electron chi connectivity index (χ0n) is 12.0. The molecule has 0 saturated carbocycles. The Morgan fingerprint density at radius 1 is 1.10 bits per heavy atom. The number of nitrogens with one attached hydrogen (secondary N) is 1. The fraction of sp³-hybridized carbons (Fsp3) is 0.235. The largest absolute Gasteiger partial charge is 0.459 e. The van der Waals surface area contributed by atoms with E-state index in [9.17, 15) is 0 Å². The molecule has 102 valence electrons. The molecule has 0 aliphatic rings. The number of hydrogen-bond donors (Lipinski definition) is 1. The molecule has 0 amide bonds. The van der Waals surface area contributed by atoms with Crippen molar-refractivity contribution >= 4 is 11.0 Å². The number of aromatic nitrogens is 1. The third-order valence-electron chi connectivity index (χ3n) is 3.59. The van der Waals surface area contributed by atoms with Gasteiger partial charge < -0.3 is 9.73 Å². The number of rotatable bonds is 3. The summed E-state index contributed by atoms with van der Waals surface area (Å²) in [5, 5.41) is 4.45. The molecule has 0 aliphatic heterocycles. The highest BCUT2D eigenvalue weighted by atomic mass is 16.3. The van der Waals surface area contributed by atoms with Gasteiger partial charge in [0.25, 0.3) is 0 Å². The Balaban J connectivity index is 2.08. The summed E-state index contributed by atoms with van der Waals surface area (Å²) in [4.78, 5) is 4.54. The number of hydrogen-bond acceptors (Lipinski definition) is 3. The van der Waals surface area contributed by atoms with Crippen molar-refractivity contribution in [3.05, 3.63) is 65.2 Å². The molecule has 2 aromatic heterocycles. The highest BCUT2D eigenvalue weighted by molar-refractivity contribution is 5.78. The van der Waals surface area contributed by atoms with Crippen molar-refractivity contribution in [2.75, 3.05) is 7.05 Å². The third kappa shape index (κ3) is 2.21. The molecular formula is C17H18N2O. The minimum atomic E-state index is 0.0236. The lowest BCUT2D eigenvalue weighted by Gasteiger charge is -2.16. The van der Waals surface area contributed by atoms with E-state index in [1.54, 1.807) is 0 Å². The summed E-state index contributed by atoms with van der Waals surface area (Å²) in [5.74, 6) is 0.919. The maximum Gasteiger partial charge on any atom is 0.134 e. The average Bonchev–Trinajstić information content (AvgIpc) is 2.85. The second-order valence-corrected chi connectivity index (χ2v) is 5.04. The zero-order valence-corrected chi connectivity index (χ0v) is 12.0. The summed E-state index contributed by atoms with van der Waals surface area (Å²) in [6, 6.07) is 14.3. The molecule has 0 radical (unpaired) electrons. The van der Waals surface area contributed by atoms with Crippen molar-refractivity contribution in [1.29, 1.82) is 0 Å². The lowest BCUT2D eigenvalue weighted by Crippen LogP contribution is -2.18. The number of fused-ring (bicyclic) bond motifs is 1. The Morgan fingerprint density at radius 2 is 1.90 bits per heavy atom. The van der Waals surface area contributed by atoms with Gasteiger partial charge in [0.05, 0.1) is 6.04 Å². The van der Waals surface area contributed by atoms with Crippen LogP contribution in [0.25, 0.3) is 11.0 Å². The molecule has 3 rings (SSSR count). The zero-order chi connectivity index (χ0) is 14.1. The molecule has 2 heterocycles. The Morgan fingerprint density at radius 3 is 2.60 bits per heavy atom. The summed E-state index contributed by atoms with van der Waals surface area (Å²) < 4.78 is 5.97. The standard InChI is InChI=1S/C17H18N2O/c1-11-8-9-14(12(2)19-11)17(18-3)16-10-13-6-4-5-7-15(13)20-16/h4-10,17-18H,1-3H3. The van der Waals surface area contributed by atoms with Crippen LogP contribution in [0.2, 0.25) is 0 Å². The van der Waals surface area contributed by atoms with Crippen molar-refractivity contribution in [2.24, 2.45) is 0 Å². The number of aryl methyl sites for hydroxylation is 2. The molecule has 1 N–H and O–H groups in total. The number of para-hydroxylation sites is 1. The highest BCUT2D eigenvalue weighted by Crippen LogP contribution is 2.29. The van der Waals surface area contributed by atoms with Gasteiger partial charge >= 0.3 is 0 Å². The predicted molar refractivity (Wildman–Crippen MR) is 80.8 cm³/mol. The molecule has 3 aromatic rings. The van der Waals surface area contributed by atoms with Crippen LogP contribution in [0.5, 0.6) is 0 Å². The van der Waals surface area contributed by atoms with E-state index in [2.05, 4.69) is 28.5 Å². The van der Waals surface area contributed by atoms with Gasteiger partial charge in [-0.1, -0.05) is 24.3 Å². The van der Waals surface area contributed by atoms with Crippen LogP contribution < -0.4 is 5.32 Å². The Kier molecular flexibility index (Phi) is 3.28. The minimum Gasteiger partial charge on any atom is -0.459 e. The van der Waals surface area contributed by atoms with Gasteiger partial charge in [0.1, 0.15) is 11.3 Å². The maximum atomic E-state index is 5.97. The predicted octanol–water partition coefficient (Wildman–Crippen LogP) is 3.75. The van der Waals surface area contributed by atoms with Gasteiger partial charge in [-0.05, 0) is 44.7 Å². The van der Waals surface area contributed by atoms with Crippen molar-refractivity contribution in [3.63, 3.8) is 0 Å². The van der Waals surface area contributed by atoms with Crippen molar-refractivity contribution < 1.29 is 4.42 Å². The summed E-state index contributed by atoms with van der Waals surface area (Å²) in [5.41, 5.74) is 4.13. The van der Waals surface area contributed by atoms with Crippen molar-refractivity contribution in [3.8, 4) is 0 Å². The SMILES string of the molecule is CNC(c1cc2ccccc2o1)c1ccc(C)nc1C. The first-order valence-corrected chi connectivity index (χ1v) is 6.79. The van der Waals surface area contributed by atoms with E-state index < -0.39 is 0 Å². The fourth-order valence-electron chi connectivity index (χ4n) is 2.60. The molecule has 3 nitrogen and oxygen atoms in total. The molecule has 20 heavy (non-hydrogen) atoms. The quantitative estimate of drug-likeness (QED) is 0.784. The van der Waals surface area contributed by atoms with Gasteiger partial charge in [0.15, 0.2) is 0 Å². The van der Waals surface area contributed by atoms with Crippen LogP contribution in [-0.4, -0.2) is 12.0 Å². The highest BCUT2D eigenvalue weighted by Gasteiger charge is 2.19. The monoisotopic (exact) mass is 266 g/mol. The van der Waals surface area contributed by atoms with Crippen LogP contribution in [0.4, 0.5) is 0 Å². The molecule has 1 atom stereocenters. The van der Waals surface area contributed by atoms with Gasteiger partial charge in [-0.25, -0.2) is 0 Å². The molecule has 0 spiro atoms. The molecule has 0 fully saturated rings. The molecular weight excluding hydrogens is 248 g/mol. The van der Waals surface area contributed by atoms with Gasteiger partial charge in [-0.3, -0.25) is 4.98 Å². The van der Waals surface area contributed by atoms with Gasteiger partial charge in [-0.15, -0.1) is 0 Å². The fourth-order valence-corrected chi connectivity index (χ4v) is 2.60. The van der Waals surface area contributed by atoms with E-state index in [1.807, 2.05) is 45.2 Å². The second kappa shape index (κ2) is 5.10. The lowest BCUT2D eigenvalue weighted by atomic mass is 10.0. The summed E-state index contributed by atoms with van der Waals surface area (Å²) in [6.45, 7) is 4.04. The molecule has 1 unspecified atom stereocenters. The summed E-state index contributed by atoms with van der Waals surface area (Å²) in [6.07, 6.45) is 0. The maximum absolute atomic E-state index is 5.97. The van der Waals surface area contributed by atoms with Crippen LogP contribution >= 0.6 is 0 Å². The lowest BCUT2D eigenvalue weighted by molar-refractivity contribution is 0.489. The van der Waals surface area contributed by atoms with Crippen LogP contribution in [0.3, 0.4) is 0 Å². The number of furan rings is 1. The van der Waals surface area contributed by atoms with E-state index >= 15 is 0 Å². The molecule has 0 saturated heterocycles. The van der Waals surface area contributed by atoms with E-state index in [1.165, 1.54) is 0 Å². The van der Waals surface area contributed by atoms with Gasteiger partial charge in [-0.2, -0.15) is 0 Å². The smallest absolute Gasteiger partial charge is 0.134 e. The topological polar surface area (TPSA) is 38.1 Å². The number of pyridine rings is 1. The average molecular weight is 266 g/mol. The second-order valence-electron chi connectivity index (χ2n) is 5.04. The van der Waals surface area contributed by atoms with Crippen molar-refractivity contribution in [1.82, 2.24) is 10.3 Å². The first-order chi connectivity index (χ1) is 9.69. The van der Waals surface area contributed by atoms with Gasteiger partial charge in [0.2, 0.25) is 0 Å². The van der Waals surface area contributed by atoms with Gasteiger partial charge in [0, 0.05) is 16.8 Å². The van der Waals surface area contributed by atoms with E-state index in [4.69, 9.17) is 4.42 Å². The Bertz CT molecular complexity index is 713. The van der Waals surface area contributed by atoms with E-state index in [0.717, 1.165) is 33.7 Å². The third-order valence-corrected chi connectivity index (χ3v) is 3.59. The molecule has 3 heteroatoms. The Labute approximate surface area is 118 Å². The number of benzene rings is 1. The minimum absolute atomic E-state index is 0.0236. The van der Waals surface area contributed by atoms with E-state index in [0.29, 0.717) is 0 Å². The number of nitrogens with zero attached hydrogens (tertiary/aromatic N) is 1. The van der Waals surface area contributed by atoms with E-state index in [-0.39, 0.29) is 6.04 Å². The first-order valence-electron chi connectivity index (χ1n) is 6.79.